The number of hydrogen-bond donors (Lipinski definition) is 1. The molecule has 0 amide bonds. The third-order valence-corrected chi connectivity index (χ3v) is 3.39. The van der Waals surface area contributed by atoms with Gasteiger partial charge in [-0.25, -0.2) is 4.79 Å². The average Bonchev–Trinajstić information content (AvgIpc) is 2.35. The predicted molar refractivity (Wildman–Crippen MR) is 72.8 cm³/mol. The van der Waals surface area contributed by atoms with Gasteiger partial charge >= 0.3 is 5.97 Å². The first-order valence-corrected chi connectivity index (χ1v) is 6.00. The molecule has 6 nitrogen and oxygen atoms in total. The van der Waals surface area contributed by atoms with E-state index in [0.29, 0.717) is 11.6 Å². The lowest BCUT2D eigenvalue weighted by Crippen LogP contribution is -2.33. The molecule has 0 saturated heterocycles. The van der Waals surface area contributed by atoms with Crippen molar-refractivity contribution in [1.82, 2.24) is 0 Å². The summed E-state index contributed by atoms with van der Waals surface area (Å²) in [5.41, 5.74) is -0.0173. The van der Waals surface area contributed by atoms with Crippen LogP contribution in [0.1, 0.15) is 31.1 Å². The van der Waals surface area contributed by atoms with Gasteiger partial charge in [-0.05, 0) is 25.0 Å². The van der Waals surface area contributed by atoms with Crippen LogP contribution in [0.4, 0.5) is 11.4 Å². The number of anilines is 1. The van der Waals surface area contributed by atoms with Crippen LogP contribution >= 0.6 is 0 Å². The van der Waals surface area contributed by atoms with E-state index in [1.54, 1.807) is 6.07 Å². The minimum atomic E-state index is -1.29. The van der Waals surface area contributed by atoms with Crippen molar-refractivity contribution >= 4 is 17.3 Å². The predicted octanol–water partition coefficient (Wildman–Crippen LogP) is 2.77. The Morgan fingerprint density at radius 2 is 1.95 bits per heavy atom. The minimum Gasteiger partial charge on any atom is -0.477 e. The number of rotatable bonds is 5. The number of nitro benzene ring substituents is 1. The fourth-order valence-electron chi connectivity index (χ4n) is 1.76. The summed E-state index contributed by atoms with van der Waals surface area (Å²) in [7, 11) is 1.84. The smallest absolute Gasteiger partial charge is 0.342 e. The molecule has 0 spiro atoms. The Bertz CT molecular complexity index is 499. The molecule has 0 radical (unpaired) electrons. The summed E-state index contributed by atoms with van der Waals surface area (Å²) in [6.45, 7) is 6.14. The Hall–Kier alpha value is -2.11. The molecule has 1 unspecified atom stereocenters. The molecule has 104 valence electrons. The number of carboxylic acid groups (broad SMARTS) is 1. The molecule has 0 aliphatic carbocycles. The van der Waals surface area contributed by atoms with Crippen molar-refractivity contribution < 1.29 is 14.8 Å². The van der Waals surface area contributed by atoms with E-state index >= 15 is 0 Å². The molecule has 1 aromatic rings. The van der Waals surface area contributed by atoms with Gasteiger partial charge in [0.1, 0.15) is 5.56 Å². The van der Waals surface area contributed by atoms with E-state index in [4.69, 9.17) is 5.11 Å². The standard InChI is InChI=1S/C13H18N2O4/c1-8(2)9(3)14(4)10-5-6-12(15(18)19)11(7-10)13(16)17/h5-9H,1-4H3,(H,16,17). The lowest BCUT2D eigenvalue weighted by Gasteiger charge is -2.30. The number of carbonyl (C=O) groups is 1. The lowest BCUT2D eigenvalue weighted by molar-refractivity contribution is -0.385. The quantitative estimate of drug-likeness (QED) is 0.654. The normalized spacial score (nSPS) is 12.3. The van der Waals surface area contributed by atoms with E-state index in [9.17, 15) is 14.9 Å². The van der Waals surface area contributed by atoms with Crippen molar-refractivity contribution in [2.45, 2.75) is 26.8 Å². The van der Waals surface area contributed by atoms with Crippen LogP contribution in [0.2, 0.25) is 0 Å². The summed E-state index contributed by atoms with van der Waals surface area (Å²) >= 11 is 0. The summed E-state index contributed by atoms with van der Waals surface area (Å²) < 4.78 is 0. The number of nitro groups is 1. The topological polar surface area (TPSA) is 83.7 Å². The van der Waals surface area contributed by atoms with Gasteiger partial charge in [-0.1, -0.05) is 13.8 Å². The van der Waals surface area contributed by atoms with Gasteiger partial charge in [0, 0.05) is 24.8 Å². The van der Waals surface area contributed by atoms with Gasteiger partial charge in [-0.15, -0.1) is 0 Å². The maximum atomic E-state index is 11.1. The van der Waals surface area contributed by atoms with E-state index in [1.807, 2.05) is 18.9 Å². The summed E-state index contributed by atoms with van der Waals surface area (Å²) in [5.74, 6) is -0.910. The first-order valence-electron chi connectivity index (χ1n) is 6.00. The second-order valence-electron chi connectivity index (χ2n) is 4.86. The van der Waals surface area contributed by atoms with Crippen LogP contribution in [0.3, 0.4) is 0 Å². The Balaban J connectivity index is 3.22. The van der Waals surface area contributed by atoms with Gasteiger partial charge in [0.15, 0.2) is 0 Å². The maximum absolute atomic E-state index is 11.1. The van der Waals surface area contributed by atoms with Crippen molar-refractivity contribution in [3.63, 3.8) is 0 Å². The monoisotopic (exact) mass is 266 g/mol. The highest BCUT2D eigenvalue weighted by Crippen LogP contribution is 2.26. The first-order chi connectivity index (χ1) is 8.75. The zero-order valence-corrected chi connectivity index (χ0v) is 11.5. The van der Waals surface area contributed by atoms with Crippen LogP contribution in [-0.2, 0) is 0 Å². The van der Waals surface area contributed by atoms with E-state index in [-0.39, 0.29) is 17.3 Å². The van der Waals surface area contributed by atoms with Crippen molar-refractivity contribution in [2.24, 2.45) is 5.92 Å². The third kappa shape index (κ3) is 3.21. The molecule has 0 aromatic heterocycles. The van der Waals surface area contributed by atoms with Crippen LogP contribution in [0.15, 0.2) is 18.2 Å². The van der Waals surface area contributed by atoms with Gasteiger partial charge < -0.3 is 10.0 Å². The summed E-state index contributed by atoms with van der Waals surface area (Å²) in [5, 5.41) is 19.8. The van der Waals surface area contributed by atoms with Gasteiger partial charge in [0.05, 0.1) is 4.92 Å². The van der Waals surface area contributed by atoms with Crippen LogP contribution in [0.5, 0.6) is 0 Å². The van der Waals surface area contributed by atoms with E-state index in [2.05, 4.69) is 13.8 Å². The van der Waals surface area contributed by atoms with Gasteiger partial charge in [0.25, 0.3) is 5.69 Å². The number of carboxylic acids is 1. The summed E-state index contributed by atoms with van der Waals surface area (Å²) in [6, 6.07) is 4.36. The maximum Gasteiger partial charge on any atom is 0.342 e. The number of nitrogens with zero attached hydrogens (tertiary/aromatic N) is 2. The zero-order valence-electron chi connectivity index (χ0n) is 11.5. The molecular formula is C13H18N2O4. The number of aromatic carboxylic acids is 1. The first kappa shape index (κ1) is 14.9. The van der Waals surface area contributed by atoms with E-state index in [1.165, 1.54) is 12.1 Å². The molecule has 0 bridgehead atoms. The van der Waals surface area contributed by atoms with E-state index < -0.39 is 10.9 Å². The van der Waals surface area contributed by atoms with Crippen LogP contribution in [-0.4, -0.2) is 29.1 Å². The number of benzene rings is 1. The van der Waals surface area contributed by atoms with Crippen molar-refractivity contribution in [3.05, 3.63) is 33.9 Å². The van der Waals surface area contributed by atoms with Crippen LogP contribution in [0.25, 0.3) is 0 Å². The average molecular weight is 266 g/mol. The molecule has 0 aliphatic rings. The fourth-order valence-corrected chi connectivity index (χ4v) is 1.76. The van der Waals surface area contributed by atoms with Crippen LogP contribution in [0, 0.1) is 16.0 Å². The highest BCUT2D eigenvalue weighted by molar-refractivity contribution is 5.93. The zero-order chi connectivity index (χ0) is 14.7. The van der Waals surface area contributed by atoms with Crippen molar-refractivity contribution in [3.8, 4) is 0 Å². The lowest BCUT2D eigenvalue weighted by atomic mass is 10.0. The Kier molecular flexibility index (Phi) is 4.47. The molecule has 6 heteroatoms. The highest BCUT2D eigenvalue weighted by atomic mass is 16.6. The van der Waals surface area contributed by atoms with E-state index in [0.717, 1.165) is 0 Å². The van der Waals surface area contributed by atoms with Gasteiger partial charge in [0.2, 0.25) is 0 Å². The molecular weight excluding hydrogens is 248 g/mol. The summed E-state index contributed by atoms with van der Waals surface area (Å²) in [4.78, 5) is 23.1. The van der Waals surface area contributed by atoms with Crippen LogP contribution < -0.4 is 4.90 Å². The third-order valence-electron chi connectivity index (χ3n) is 3.39. The van der Waals surface area contributed by atoms with Crippen molar-refractivity contribution in [2.75, 3.05) is 11.9 Å². The molecule has 0 heterocycles. The minimum absolute atomic E-state index is 0.197. The summed E-state index contributed by atoms with van der Waals surface area (Å²) in [6.07, 6.45) is 0. The number of hydrogen-bond acceptors (Lipinski definition) is 4. The van der Waals surface area contributed by atoms with Crippen molar-refractivity contribution in [1.29, 1.82) is 0 Å². The molecule has 1 N–H and O–H groups in total. The molecule has 1 atom stereocenters. The molecule has 0 saturated carbocycles. The Morgan fingerprint density at radius 1 is 1.37 bits per heavy atom. The molecule has 1 rings (SSSR count). The molecule has 1 aromatic carbocycles. The fraction of sp³-hybridized carbons (Fsp3) is 0.462. The Morgan fingerprint density at radius 3 is 2.37 bits per heavy atom. The highest BCUT2D eigenvalue weighted by Gasteiger charge is 2.22. The largest absolute Gasteiger partial charge is 0.477 e. The SMILES string of the molecule is CC(C)C(C)N(C)c1ccc([N+](=O)[O-])c(C(=O)O)c1. The molecule has 19 heavy (non-hydrogen) atoms. The van der Waals surface area contributed by atoms with Gasteiger partial charge in [-0.2, -0.15) is 0 Å². The second kappa shape index (κ2) is 5.69. The Labute approximate surface area is 111 Å². The molecule has 0 aliphatic heterocycles. The second-order valence-corrected chi connectivity index (χ2v) is 4.86. The van der Waals surface area contributed by atoms with Gasteiger partial charge in [-0.3, -0.25) is 10.1 Å². The molecule has 0 fully saturated rings.